The van der Waals surface area contributed by atoms with E-state index in [0.29, 0.717) is 0 Å². The van der Waals surface area contributed by atoms with Crippen LogP contribution in [0.1, 0.15) is 17.7 Å². The first-order valence-electron chi connectivity index (χ1n) is 4.92. The van der Waals surface area contributed by atoms with E-state index in [1.807, 2.05) is 17.4 Å². The van der Waals surface area contributed by atoms with Crippen molar-refractivity contribution in [3.63, 3.8) is 0 Å². The zero-order valence-corrected chi connectivity index (χ0v) is 9.60. The van der Waals surface area contributed by atoms with E-state index in [4.69, 9.17) is 11.6 Å². The summed E-state index contributed by atoms with van der Waals surface area (Å²) in [6.07, 6.45) is 4.72. The molecule has 0 unspecified atom stereocenters. The first-order valence-corrected chi connectivity index (χ1v) is 6.23. The second-order valence-corrected chi connectivity index (χ2v) is 4.89. The van der Waals surface area contributed by atoms with Gasteiger partial charge in [-0.1, -0.05) is 23.7 Å². The van der Waals surface area contributed by atoms with Crippen molar-refractivity contribution in [3.05, 3.63) is 34.0 Å². The third-order valence-corrected chi connectivity index (χ3v) is 3.47. The Labute approximate surface area is 94.0 Å². The Morgan fingerprint density at radius 3 is 3.00 bits per heavy atom. The number of halogens is 1. The molecule has 1 aromatic heterocycles. The van der Waals surface area contributed by atoms with Gasteiger partial charge >= 0.3 is 0 Å². The topological polar surface area (TPSA) is 3.24 Å². The Bertz CT molecular complexity index is 290. The molecule has 1 aliphatic rings. The average Bonchev–Trinajstić information content (AvgIpc) is 2.92. The first kappa shape index (κ1) is 10.2. The molecular formula is C11H14ClNS. The maximum atomic E-state index is 5.55. The molecule has 0 atom stereocenters. The lowest BCUT2D eigenvalue weighted by molar-refractivity contribution is 0.286. The highest BCUT2D eigenvalue weighted by Crippen LogP contribution is 2.28. The molecule has 14 heavy (non-hydrogen) atoms. The second kappa shape index (κ2) is 4.96. The van der Waals surface area contributed by atoms with Gasteiger partial charge in [0.1, 0.15) is 0 Å². The van der Waals surface area contributed by atoms with Crippen LogP contribution < -0.4 is 0 Å². The molecule has 0 aromatic carbocycles. The van der Waals surface area contributed by atoms with Gasteiger partial charge in [-0.15, -0.1) is 11.3 Å². The molecule has 0 N–H and O–H groups in total. The first-order chi connectivity index (χ1) is 6.90. The van der Waals surface area contributed by atoms with Crippen LogP contribution in [-0.4, -0.2) is 17.5 Å². The molecule has 0 aliphatic heterocycles. The summed E-state index contributed by atoms with van der Waals surface area (Å²) in [4.78, 5) is 3.94. The van der Waals surface area contributed by atoms with Gasteiger partial charge in [0, 0.05) is 29.5 Å². The van der Waals surface area contributed by atoms with Crippen LogP contribution in [0.4, 0.5) is 0 Å². The minimum Gasteiger partial charge on any atom is -0.292 e. The Kier molecular flexibility index (Phi) is 3.62. The molecule has 1 nitrogen and oxygen atoms in total. The van der Waals surface area contributed by atoms with Crippen molar-refractivity contribution in [1.29, 1.82) is 0 Å². The zero-order valence-electron chi connectivity index (χ0n) is 8.03. The third kappa shape index (κ3) is 2.84. The molecule has 1 saturated carbocycles. The van der Waals surface area contributed by atoms with Crippen molar-refractivity contribution < 1.29 is 0 Å². The summed E-state index contributed by atoms with van der Waals surface area (Å²) in [6, 6.07) is 5.11. The smallest absolute Gasteiger partial charge is 0.0334 e. The normalized spacial score (nSPS) is 17.0. The van der Waals surface area contributed by atoms with Gasteiger partial charge in [0.15, 0.2) is 0 Å². The summed E-state index contributed by atoms with van der Waals surface area (Å²) in [5, 5.41) is 2.14. The Morgan fingerprint density at radius 1 is 1.57 bits per heavy atom. The van der Waals surface area contributed by atoms with Crippen molar-refractivity contribution in [3.8, 4) is 0 Å². The molecular weight excluding hydrogens is 214 g/mol. The quantitative estimate of drug-likeness (QED) is 0.745. The van der Waals surface area contributed by atoms with Gasteiger partial charge in [-0.05, 0) is 24.3 Å². The SMILES string of the molecule is Cl/C=C/CN(Cc1cccs1)C1CC1. The van der Waals surface area contributed by atoms with Crippen LogP contribution in [0.3, 0.4) is 0 Å². The lowest BCUT2D eigenvalue weighted by Crippen LogP contribution is -2.25. The summed E-state index contributed by atoms with van der Waals surface area (Å²) in [5.74, 6) is 0. The van der Waals surface area contributed by atoms with E-state index in [1.165, 1.54) is 17.7 Å². The third-order valence-electron chi connectivity index (χ3n) is 2.43. The molecule has 0 amide bonds. The summed E-state index contributed by atoms with van der Waals surface area (Å²) >= 11 is 7.38. The molecule has 3 heteroatoms. The molecule has 0 saturated heterocycles. The lowest BCUT2D eigenvalue weighted by Gasteiger charge is -2.18. The highest BCUT2D eigenvalue weighted by Gasteiger charge is 2.28. The minimum atomic E-state index is 0.796. The summed E-state index contributed by atoms with van der Waals surface area (Å²) in [7, 11) is 0. The average molecular weight is 228 g/mol. The fourth-order valence-corrected chi connectivity index (χ4v) is 2.37. The predicted octanol–water partition coefficient (Wildman–Crippen LogP) is 3.47. The number of nitrogens with zero attached hydrogens (tertiary/aromatic N) is 1. The lowest BCUT2D eigenvalue weighted by atomic mass is 10.4. The maximum absolute atomic E-state index is 5.55. The van der Waals surface area contributed by atoms with Gasteiger partial charge in [-0.25, -0.2) is 0 Å². The van der Waals surface area contributed by atoms with Crippen molar-refractivity contribution in [2.45, 2.75) is 25.4 Å². The molecule has 1 heterocycles. The Balaban J connectivity index is 1.90. The summed E-state index contributed by atoms with van der Waals surface area (Å²) < 4.78 is 0. The van der Waals surface area contributed by atoms with Gasteiger partial charge in [-0.3, -0.25) is 4.90 Å². The largest absolute Gasteiger partial charge is 0.292 e. The van der Waals surface area contributed by atoms with Crippen molar-refractivity contribution >= 4 is 22.9 Å². The fourth-order valence-electron chi connectivity index (χ4n) is 1.56. The summed E-state index contributed by atoms with van der Waals surface area (Å²) in [6.45, 7) is 2.05. The van der Waals surface area contributed by atoms with Crippen molar-refractivity contribution in [2.75, 3.05) is 6.54 Å². The van der Waals surface area contributed by atoms with E-state index in [2.05, 4.69) is 22.4 Å². The van der Waals surface area contributed by atoms with E-state index < -0.39 is 0 Å². The van der Waals surface area contributed by atoms with Crippen LogP contribution in [0, 0.1) is 0 Å². The standard InChI is InChI=1S/C11H14ClNS/c12-6-2-7-13(10-4-5-10)9-11-3-1-8-14-11/h1-3,6,8,10H,4-5,7,9H2/b6-2+. The maximum Gasteiger partial charge on any atom is 0.0334 e. The molecule has 2 rings (SSSR count). The van der Waals surface area contributed by atoms with E-state index >= 15 is 0 Å². The van der Waals surface area contributed by atoms with Gasteiger partial charge in [0.2, 0.25) is 0 Å². The van der Waals surface area contributed by atoms with Crippen LogP contribution in [-0.2, 0) is 6.54 Å². The highest BCUT2D eigenvalue weighted by molar-refractivity contribution is 7.09. The highest BCUT2D eigenvalue weighted by atomic mass is 35.5. The van der Waals surface area contributed by atoms with Gasteiger partial charge < -0.3 is 0 Å². The van der Waals surface area contributed by atoms with E-state index in [-0.39, 0.29) is 0 Å². The van der Waals surface area contributed by atoms with Crippen LogP contribution in [0.15, 0.2) is 29.1 Å². The molecule has 1 aliphatic carbocycles. The monoisotopic (exact) mass is 227 g/mol. The van der Waals surface area contributed by atoms with E-state index in [1.54, 1.807) is 5.54 Å². The van der Waals surface area contributed by atoms with E-state index in [0.717, 1.165) is 19.1 Å². The van der Waals surface area contributed by atoms with Crippen LogP contribution in [0.2, 0.25) is 0 Å². The predicted molar refractivity (Wildman–Crippen MR) is 62.7 cm³/mol. The molecule has 0 bridgehead atoms. The van der Waals surface area contributed by atoms with Gasteiger partial charge in [0.05, 0.1) is 0 Å². The van der Waals surface area contributed by atoms with Crippen molar-refractivity contribution in [1.82, 2.24) is 4.90 Å². The van der Waals surface area contributed by atoms with Gasteiger partial charge in [0.25, 0.3) is 0 Å². The van der Waals surface area contributed by atoms with Crippen molar-refractivity contribution in [2.24, 2.45) is 0 Å². The van der Waals surface area contributed by atoms with E-state index in [9.17, 15) is 0 Å². The Morgan fingerprint density at radius 2 is 2.43 bits per heavy atom. The molecule has 1 aromatic rings. The minimum absolute atomic E-state index is 0.796. The number of rotatable bonds is 5. The van der Waals surface area contributed by atoms with Gasteiger partial charge in [-0.2, -0.15) is 0 Å². The van der Waals surface area contributed by atoms with Crippen LogP contribution in [0.25, 0.3) is 0 Å². The molecule has 76 valence electrons. The Hall–Kier alpha value is -0.310. The number of thiophene rings is 1. The molecule has 0 spiro atoms. The fraction of sp³-hybridized carbons (Fsp3) is 0.455. The summed E-state index contributed by atoms with van der Waals surface area (Å²) in [5.41, 5.74) is 1.61. The zero-order chi connectivity index (χ0) is 9.80. The molecule has 0 radical (unpaired) electrons. The molecule has 1 fully saturated rings. The number of hydrogen-bond acceptors (Lipinski definition) is 2. The number of hydrogen-bond donors (Lipinski definition) is 0. The van der Waals surface area contributed by atoms with Crippen LogP contribution in [0.5, 0.6) is 0 Å². The second-order valence-electron chi connectivity index (χ2n) is 3.60. The van der Waals surface area contributed by atoms with Crippen LogP contribution >= 0.6 is 22.9 Å².